The second-order valence-electron chi connectivity index (χ2n) is 4.40. The molecule has 0 aliphatic heterocycles. The number of nitrogens with zero attached hydrogens (tertiary/aromatic N) is 2. The van der Waals surface area contributed by atoms with E-state index in [-0.39, 0.29) is 12.0 Å². The molecule has 0 atom stereocenters. The van der Waals surface area contributed by atoms with Crippen molar-refractivity contribution in [2.75, 3.05) is 6.61 Å². The molecule has 14 heavy (non-hydrogen) atoms. The second-order valence-corrected chi connectivity index (χ2v) is 4.40. The van der Waals surface area contributed by atoms with Crippen molar-refractivity contribution in [3.05, 3.63) is 23.8 Å². The van der Waals surface area contributed by atoms with Crippen molar-refractivity contribution >= 4 is 0 Å². The number of hydrogen-bond donors (Lipinski definition) is 1. The number of hydrogen-bond acceptors (Lipinski definition) is 3. The minimum atomic E-state index is -0.106. The van der Waals surface area contributed by atoms with Gasteiger partial charge in [0.1, 0.15) is 5.82 Å². The van der Waals surface area contributed by atoms with Crippen LogP contribution in [0.15, 0.2) is 12.3 Å². The molecule has 1 aliphatic rings. The third-order valence-corrected chi connectivity index (χ3v) is 2.90. The molecular formula is C11H16N2O. The van der Waals surface area contributed by atoms with Gasteiger partial charge in [0, 0.05) is 11.9 Å². The molecule has 3 nitrogen and oxygen atoms in total. The molecule has 1 aromatic heterocycles. The fraction of sp³-hybridized carbons (Fsp3) is 0.636. The van der Waals surface area contributed by atoms with Gasteiger partial charge in [0.25, 0.3) is 0 Å². The van der Waals surface area contributed by atoms with Crippen molar-refractivity contribution in [2.45, 2.75) is 38.0 Å². The van der Waals surface area contributed by atoms with Gasteiger partial charge in [0.15, 0.2) is 0 Å². The first-order chi connectivity index (χ1) is 6.68. The summed E-state index contributed by atoms with van der Waals surface area (Å²) in [5, 5.41) is 9.26. The maximum atomic E-state index is 9.26. The van der Waals surface area contributed by atoms with E-state index in [2.05, 4.69) is 23.8 Å². The highest BCUT2D eigenvalue weighted by Crippen LogP contribution is 2.45. The molecule has 1 saturated carbocycles. The van der Waals surface area contributed by atoms with Crippen LogP contribution in [0.1, 0.15) is 44.1 Å². The summed E-state index contributed by atoms with van der Waals surface area (Å²) in [5.74, 6) is 1.25. The Balaban J connectivity index is 2.31. The lowest BCUT2D eigenvalue weighted by molar-refractivity contribution is 0.249. The second kappa shape index (κ2) is 3.31. The highest BCUT2D eigenvalue weighted by molar-refractivity contribution is 5.20. The molecule has 1 fully saturated rings. The summed E-state index contributed by atoms with van der Waals surface area (Å²) in [5.41, 5.74) is 0.958. The van der Waals surface area contributed by atoms with E-state index in [1.807, 2.05) is 6.07 Å². The molecule has 0 amide bonds. The molecule has 1 heterocycles. The van der Waals surface area contributed by atoms with Crippen LogP contribution in [-0.2, 0) is 5.41 Å². The van der Waals surface area contributed by atoms with Crippen molar-refractivity contribution in [3.8, 4) is 0 Å². The van der Waals surface area contributed by atoms with Crippen LogP contribution in [0.25, 0.3) is 0 Å². The van der Waals surface area contributed by atoms with Crippen LogP contribution < -0.4 is 0 Å². The molecule has 1 N–H and O–H groups in total. The Kier molecular flexibility index (Phi) is 2.27. The van der Waals surface area contributed by atoms with Crippen LogP contribution in [0.5, 0.6) is 0 Å². The van der Waals surface area contributed by atoms with Gasteiger partial charge in [0.05, 0.1) is 12.0 Å². The van der Waals surface area contributed by atoms with Crippen LogP contribution in [0.3, 0.4) is 0 Å². The molecule has 76 valence electrons. The van der Waals surface area contributed by atoms with E-state index < -0.39 is 0 Å². The maximum absolute atomic E-state index is 9.26. The lowest BCUT2D eigenvalue weighted by Gasteiger charge is -2.12. The smallest absolute Gasteiger partial charge is 0.136 e. The van der Waals surface area contributed by atoms with Crippen LogP contribution >= 0.6 is 0 Å². The Morgan fingerprint density at radius 2 is 2.21 bits per heavy atom. The van der Waals surface area contributed by atoms with Gasteiger partial charge in [-0.15, -0.1) is 0 Å². The summed E-state index contributed by atoms with van der Waals surface area (Å²) in [6, 6.07) is 1.95. The summed E-state index contributed by atoms with van der Waals surface area (Å²) in [6.07, 6.45) is 3.84. The molecule has 0 unspecified atom stereocenters. The summed E-state index contributed by atoms with van der Waals surface area (Å²) in [4.78, 5) is 8.76. The summed E-state index contributed by atoms with van der Waals surface area (Å²) < 4.78 is 0. The largest absolute Gasteiger partial charge is 0.395 e. The van der Waals surface area contributed by atoms with Crippen LogP contribution in [0.4, 0.5) is 0 Å². The standard InChI is InChI=1S/C11H16N2O/c1-8(2)9-3-6-12-10(13-9)11(7-14)4-5-11/h3,6,8,14H,4-5,7H2,1-2H3. The van der Waals surface area contributed by atoms with Gasteiger partial charge in [-0.3, -0.25) is 0 Å². The number of aromatic nitrogens is 2. The first kappa shape index (κ1) is 9.59. The van der Waals surface area contributed by atoms with Crippen molar-refractivity contribution in [3.63, 3.8) is 0 Å². The third kappa shape index (κ3) is 1.52. The summed E-state index contributed by atoms with van der Waals surface area (Å²) in [7, 11) is 0. The lowest BCUT2D eigenvalue weighted by Crippen LogP contribution is -2.17. The number of aliphatic hydroxyl groups is 1. The van der Waals surface area contributed by atoms with E-state index in [1.54, 1.807) is 6.20 Å². The summed E-state index contributed by atoms with van der Waals surface area (Å²) in [6.45, 7) is 4.41. The van der Waals surface area contributed by atoms with Gasteiger partial charge >= 0.3 is 0 Å². The minimum absolute atomic E-state index is 0.106. The van der Waals surface area contributed by atoms with E-state index >= 15 is 0 Å². The zero-order chi connectivity index (χ0) is 10.2. The van der Waals surface area contributed by atoms with Crippen LogP contribution in [0, 0.1) is 0 Å². The normalized spacial score (nSPS) is 18.6. The van der Waals surface area contributed by atoms with Gasteiger partial charge in [-0.05, 0) is 24.8 Å². The molecule has 1 aromatic rings. The Bertz CT molecular complexity index is 332. The average Bonchev–Trinajstić information content (AvgIpc) is 2.98. The van der Waals surface area contributed by atoms with Gasteiger partial charge in [-0.2, -0.15) is 0 Å². The predicted molar refractivity (Wildman–Crippen MR) is 54.1 cm³/mol. The molecule has 0 saturated heterocycles. The van der Waals surface area contributed by atoms with Crippen molar-refractivity contribution in [2.24, 2.45) is 0 Å². The van der Waals surface area contributed by atoms with Crippen molar-refractivity contribution in [1.82, 2.24) is 9.97 Å². The van der Waals surface area contributed by atoms with E-state index in [9.17, 15) is 5.11 Å². The zero-order valence-electron chi connectivity index (χ0n) is 8.70. The monoisotopic (exact) mass is 192 g/mol. The van der Waals surface area contributed by atoms with Gasteiger partial charge in [-0.25, -0.2) is 9.97 Å². The minimum Gasteiger partial charge on any atom is -0.395 e. The average molecular weight is 192 g/mol. The first-order valence-electron chi connectivity index (χ1n) is 5.12. The Morgan fingerprint density at radius 1 is 1.50 bits per heavy atom. The zero-order valence-corrected chi connectivity index (χ0v) is 8.70. The van der Waals surface area contributed by atoms with Gasteiger partial charge in [0.2, 0.25) is 0 Å². The Labute approximate surface area is 84.2 Å². The quantitative estimate of drug-likeness (QED) is 0.791. The molecular weight excluding hydrogens is 176 g/mol. The van der Waals surface area contributed by atoms with E-state index in [4.69, 9.17) is 0 Å². The molecule has 0 aromatic carbocycles. The molecule has 0 spiro atoms. The molecule has 2 rings (SSSR count). The van der Waals surface area contributed by atoms with Crippen LogP contribution in [0.2, 0.25) is 0 Å². The fourth-order valence-corrected chi connectivity index (χ4v) is 1.55. The highest BCUT2D eigenvalue weighted by atomic mass is 16.3. The van der Waals surface area contributed by atoms with Gasteiger partial charge in [-0.1, -0.05) is 13.8 Å². The maximum Gasteiger partial charge on any atom is 0.136 e. The van der Waals surface area contributed by atoms with E-state index in [1.165, 1.54) is 0 Å². The SMILES string of the molecule is CC(C)c1ccnc(C2(CO)CC2)n1. The predicted octanol–water partition coefficient (Wildman–Crippen LogP) is 1.62. The highest BCUT2D eigenvalue weighted by Gasteiger charge is 2.46. The summed E-state index contributed by atoms with van der Waals surface area (Å²) >= 11 is 0. The fourth-order valence-electron chi connectivity index (χ4n) is 1.55. The van der Waals surface area contributed by atoms with Crippen LogP contribution in [-0.4, -0.2) is 21.7 Å². The molecule has 0 radical (unpaired) electrons. The van der Waals surface area contributed by atoms with Gasteiger partial charge < -0.3 is 5.11 Å². The van der Waals surface area contributed by atoms with E-state index in [0.29, 0.717) is 5.92 Å². The Hall–Kier alpha value is -0.960. The number of aliphatic hydroxyl groups excluding tert-OH is 1. The first-order valence-corrected chi connectivity index (χ1v) is 5.12. The van der Waals surface area contributed by atoms with Crippen molar-refractivity contribution < 1.29 is 5.11 Å². The van der Waals surface area contributed by atoms with E-state index in [0.717, 1.165) is 24.4 Å². The topological polar surface area (TPSA) is 46.0 Å². The molecule has 0 bridgehead atoms. The molecule has 3 heteroatoms. The van der Waals surface area contributed by atoms with Crippen molar-refractivity contribution in [1.29, 1.82) is 0 Å². The Morgan fingerprint density at radius 3 is 2.71 bits per heavy atom. The molecule has 1 aliphatic carbocycles. The number of rotatable bonds is 3. The lowest BCUT2D eigenvalue weighted by atomic mass is 10.1. The third-order valence-electron chi connectivity index (χ3n) is 2.90.